The third-order valence-electron chi connectivity index (χ3n) is 4.12. The van der Waals surface area contributed by atoms with Crippen LogP contribution in [0.15, 0.2) is 35.4 Å². The van der Waals surface area contributed by atoms with Gasteiger partial charge in [0.1, 0.15) is 22.7 Å². The summed E-state index contributed by atoms with van der Waals surface area (Å²) in [6.45, 7) is 5.07. The minimum atomic E-state index is -0.266. The van der Waals surface area contributed by atoms with Gasteiger partial charge in [-0.05, 0) is 38.0 Å². The van der Waals surface area contributed by atoms with Gasteiger partial charge in [0.2, 0.25) is 0 Å². The quantitative estimate of drug-likeness (QED) is 0.524. The zero-order valence-electron chi connectivity index (χ0n) is 14.8. The second-order valence-corrected chi connectivity index (χ2v) is 6.31. The van der Waals surface area contributed by atoms with E-state index in [4.69, 9.17) is 10.5 Å². The van der Waals surface area contributed by atoms with Crippen LogP contribution in [0.3, 0.4) is 0 Å². The van der Waals surface area contributed by atoms with Crippen molar-refractivity contribution in [3.8, 4) is 17.3 Å². The van der Waals surface area contributed by atoms with Gasteiger partial charge in [0.15, 0.2) is 0 Å². The Morgan fingerprint density at radius 2 is 2.08 bits per heavy atom. The van der Waals surface area contributed by atoms with E-state index in [0.717, 1.165) is 5.56 Å². The molecule has 1 aromatic carbocycles. The fourth-order valence-electron chi connectivity index (χ4n) is 3.00. The maximum absolute atomic E-state index is 12.4. The van der Waals surface area contributed by atoms with E-state index in [1.54, 1.807) is 12.1 Å². The number of nitriles is 1. The molecule has 134 valence electrons. The summed E-state index contributed by atoms with van der Waals surface area (Å²) >= 11 is 0. The molecule has 0 fully saturated rings. The Morgan fingerprint density at radius 1 is 1.35 bits per heavy atom. The molecule has 0 aliphatic carbocycles. The van der Waals surface area contributed by atoms with Crippen molar-refractivity contribution < 1.29 is 4.74 Å². The Balaban J connectivity index is 2.15. The van der Waals surface area contributed by atoms with E-state index >= 15 is 0 Å². The number of ether oxygens (including phenoxy) is 1. The number of anilines is 1. The van der Waals surface area contributed by atoms with Crippen LogP contribution >= 0.6 is 0 Å². The smallest absolute Gasteiger partial charge is 0.275 e. The maximum Gasteiger partial charge on any atom is 0.275 e. The number of rotatable bonds is 6. The zero-order chi connectivity index (χ0) is 18.7. The van der Waals surface area contributed by atoms with E-state index in [2.05, 4.69) is 16.0 Å². The van der Waals surface area contributed by atoms with Gasteiger partial charge in [-0.15, -0.1) is 0 Å². The molecule has 2 heterocycles. The first-order valence-electron chi connectivity index (χ1n) is 8.50. The lowest BCUT2D eigenvalue weighted by atomic mass is 10.1. The molecule has 0 aliphatic heterocycles. The summed E-state index contributed by atoms with van der Waals surface area (Å²) in [6.07, 6.45) is 2.18. The molecule has 0 radical (unpaired) electrons. The lowest BCUT2D eigenvalue weighted by molar-refractivity contribution is 0.0751. The van der Waals surface area contributed by atoms with Gasteiger partial charge < -0.3 is 20.0 Å². The molecule has 3 aromatic rings. The summed E-state index contributed by atoms with van der Waals surface area (Å²) in [6, 6.07) is 9.45. The zero-order valence-corrected chi connectivity index (χ0v) is 14.8. The first kappa shape index (κ1) is 17.7. The van der Waals surface area contributed by atoms with Crippen LogP contribution < -0.4 is 11.3 Å². The fraction of sp³-hybridized carbons (Fsp3) is 0.316. The fourth-order valence-corrected chi connectivity index (χ4v) is 3.00. The van der Waals surface area contributed by atoms with Gasteiger partial charge in [0, 0.05) is 18.8 Å². The molecule has 0 bridgehead atoms. The van der Waals surface area contributed by atoms with Gasteiger partial charge in [-0.2, -0.15) is 5.26 Å². The van der Waals surface area contributed by atoms with Gasteiger partial charge >= 0.3 is 0 Å². The largest absolute Gasteiger partial charge is 0.399 e. The number of aromatic amines is 1. The van der Waals surface area contributed by atoms with Gasteiger partial charge in [-0.3, -0.25) is 4.79 Å². The average molecular weight is 351 g/mol. The predicted molar refractivity (Wildman–Crippen MR) is 101 cm³/mol. The third-order valence-corrected chi connectivity index (χ3v) is 4.12. The van der Waals surface area contributed by atoms with E-state index in [-0.39, 0.29) is 11.7 Å². The Labute approximate surface area is 151 Å². The van der Waals surface area contributed by atoms with Crippen molar-refractivity contribution in [2.75, 3.05) is 12.3 Å². The van der Waals surface area contributed by atoms with Crippen molar-refractivity contribution in [1.82, 2.24) is 14.5 Å². The van der Waals surface area contributed by atoms with Crippen molar-refractivity contribution in [1.29, 1.82) is 5.26 Å². The Hall–Kier alpha value is -3.11. The minimum absolute atomic E-state index is 0.146. The highest BCUT2D eigenvalue weighted by molar-refractivity contribution is 5.91. The number of aryl methyl sites for hydroxylation is 1. The molecule has 3 N–H and O–H groups in total. The van der Waals surface area contributed by atoms with Gasteiger partial charge in [-0.1, -0.05) is 12.1 Å². The molecular formula is C19H21N5O2. The number of hydrogen-bond donors (Lipinski definition) is 2. The highest BCUT2D eigenvalue weighted by Crippen LogP contribution is 2.31. The second kappa shape index (κ2) is 7.42. The summed E-state index contributed by atoms with van der Waals surface area (Å²) < 4.78 is 7.46. The standard InChI is InChI=1S/C19H21N5O2/c1-12(2)26-9-3-8-24-17(13-4-6-14(21)7-5-13)15(10-20)16-18(24)19(25)23-11-22-16/h4-7,11-12H,3,8-9,21H2,1-2H3,(H,22,23,25). The molecule has 0 aliphatic rings. The van der Waals surface area contributed by atoms with Crippen LogP contribution in [0.4, 0.5) is 5.69 Å². The summed E-state index contributed by atoms with van der Waals surface area (Å²) in [5, 5.41) is 9.72. The van der Waals surface area contributed by atoms with Crippen molar-refractivity contribution in [2.24, 2.45) is 0 Å². The van der Waals surface area contributed by atoms with Crippen LogP contribution in [0.1, 0.15) is 25.8 Å². The average Bonchev–Trinajstić information content (AvgIpc) is 2.94. The second-order valence-electron chi connectivity index (χ2n) is 6.31. The number of H-pyrrole nitrogens is 1. The highest BCUT2D eigenvalue weighted by atomic mass is 16.5. The van der Waals surface area contributed by atoms with Crippen molar-refractivity contribution in [3.63, 3.8) is 0 Å². The lowest BCUT2D eigenvalue weighted by Gasteiger charge is -2.12. The SMILES string of the molecule is CC(C)OCCCn1c(-c2ccc(N)cc2)c(C#N)c2nc[nH]c(=O)c21. The van der Waals surface area contributed by atoms with E-state index < -0.39 is 0 Å². The Kier molecular flexibility index (Phi) is 5.05. The number of nitrogens with zero attached hydrogens (tertiary/aromatic N) is 3. The van der Waals surface area contributed by atoms with E-state index in [1.165, 1.54) is 6.33 Å². The first-order valence-corrected chi connectivity index (χ1v) is 8.50. The lowest BCUT2D eigenvalue weighted by Crippen LogP contribution is -2.14. The van der Waals surface area contributed by atoms with Crippen LogP contribution in [0.2, 0.25) is 0 Å². The Morgan fingerprint density at radius 3 is 2.73 bits per heavy atom. The number of hydrogen-bond acceptors (Lipinski definition) is 5. The predicted octanol–water partition coefficient (Wildman–Crippen LogP) is 2.66. The van der Waals surface area contributed by atoms with Gasteiger partial charge in [-0.25, -0.2) is 4.98 Å². The molecular weight excluding hydrogens is 330 g/mol. The number of nitrogen functional groups attached to an aromatic ring is 1. The highest BCUT2D eigenvalue weighted by Gasteiger charge is 2.21. The number of fused-ring (bicyclic) bond motifs is 1. The van der Waals surface area contributed by atoms with E-state index in [1.807, 2.05) is 30.5 Å². The molecule has 0 saturated heterocycles. The van der Waals surface area contributed by atoms with E-state index in [0.29, 0.717) is 47.6 Å². The molecule has 7 nitrogen and oxygen atoms in total. The Bertz CT molecular complexity index is 1010. The van der Waals surface area contributed by atoms with Crippen LogP contribution in [0, 0.1) is 11.3 Å². The van der Waals surface area contributed by atoms with Crippen molar-refractivity contribution >= 4 is 16.7 Å². The van der Waals surface area contributed by atoms with Crippen LogP contribution in [-0.2, 0) is 11.3 Å². The molecule has 7 heteroatoms. The van der Waals surface area contributed by atoms with Gasteiger partial charge in [0.05, 0.1) is 18.1 Å². The molecule has 26 heavy (non-hydrogen) atoms. The molecule has 0 saturated carbocycles. The molecule has 0 spiro atoms. The molecule has 0 amide bonds. The van der Waals surface area contributed by atoms with Crippen LogP contribution in [0.25, 0.3) is 22.3 Å². The number of nitrogens with one attached hydrogen (secondary N) is 1. The molecule has 2 aromatic heterocycles. The summed E-state index contributed by atoms with van der Waals surface area (Å²) in [7, 11) is 0. The number of nitrogens with two attached hydrogens (primary N) is 1. The van der Waals surface area contributed by atoms with Crippen molar-refractivity contribution in [2.45, 2.75) is 32.9 Å². The van der Waals surface area contributed by atoms with Crippen molar-refractivity contribution in [3.05, 3.63) is 46.5 Å². The molecule has 3 rings (SSSR count). The summed E-state index contributed by atoms with van der Waals surface area (Å²) in [5.74, 6) is 0. The number of benzene rings is 1. The third kappa shape index (κ3) is 3.32. The summed E-state index contributed by atoms with van der Waals surface area (Å²) in [5.41, 5.74) is 8.85. The summed E-state index contributed by atoms with van der Waals surface area (Å²) in [4.78, 5) is 19.3. The van der Waals surface area contributed by atoms with Crippen LogP contribution in [0.5, 0.6) is 0 Å². The molecule has 0 atom stereocenters. The normalized spacial score (nSPS) is 11.2. The first-order chi connectivity index (χ1) is 12.5. The number of aromatic nitrogens is 3. The topological polar surface area (TPSA) is 110 Å². The van der Waals surface area contributed by atoms with E-state index in [9.17, 15) is 10.1 Å². The monoisotopic (exact) mass is 351 g/mol. The minimum Gasteiger partial charge on any atom is -0.399 e. The maximum atomic E-state index is 12.4. The van der Waals surface area contributed by atoms with Gasteiger partial charge in [0.25, 0.3) is 5.56 Å². The molecule has 0 unspecified atom stereocenters. The van der Waals surface area contributed by atoms with Crippen LogP contribution in [-0.4, -0.2) is 27.2 Å².